The molecule has 11 heteroatoms. The summed E-state index contributed by atoms with van der Waals surface area (Å²) in [4.78, 5) is 15.6. The van der Waals surface area contributed by atoms with Gasteiger partial charge >= 0.3 is 12.1 Å². The van der Waals surface area contributed by atoms with E-state index in [-0.39, 0.29) is 23.8 Å². The zero-order valence-corrected chi connectivity index (χ0v) is 17.6. The summed E-state index contributed by atoms with van der Waals surface area (Å²) < 4.78 is 56.7. The number of piperidine rings is 1. The standard InChI is InChI=1S/C10H5F3N2O3.C10H21NO2/c11-10(12,13)9-14-8(15-18-9)6-1-3-7(4-2-6)17-5-16;1-4-12-10(13-5-2)6-8-11(3)9-7-10/h1-5H;4-9H2,1-3H3. The Labute approximate surface area is 178 Å². The van der Waals surface area contributed by atoms with Crippen LogP contribution in [0.5, 0.6) is 5.75 Å². The molecule has 0 aliphatic carbocycles. The van der Waals surface area contributed by atoms with Crippen molar-refractivity contribution in [2.45, 2.75) is 38.7 Å². The van der Waals surface area contributed by atoms with Crippen LogP contribution in [0.25, 0.3) is 11.4 Å². The third-order valence-corrected chi connectivity index (χ3v) is 4.53. The molecule has 2 aromatic rings. The normalized spacial score (nSPS) is 16.3. The van der Waals surface area contributed by atoms with Gasteiger partial charge in [-0.1, -0.05) is 5.16 Å². The minimum atomic E-state index is -4.67. The summed E-state index contributed by atoms with van der Waals surface area (Å²) in [6, 6.07) is 5.61. The van der Waals surface area contributed by atoms with Gasteiger partial charge in [0.1, 0.15) is 5.75 Å². The first-order chi connectivity index (χ1) is 14.7. The molecule has 3 rings (SSSR count). The fourth-order valence-electron chi connectivity index (χ4n) is 3.01. The Morgan fingerprint density at radius 1 is 1.13 bits per heavy atom. The lowest BCUT2D eigenvalue weighted by Gasteiger charge is -2.39. The van der Waals surface area contributed by atoms with Crippen molar-refractivity contribution in [3.05, 3.63) is 30.2 Å². The fraction of sp³-hybridized carbons (Fsp3) is 0.550. The number of hydrogen-bond acceptors (Lipinski definition) is 8. The van der Waals surface area contributed by atoms with Crippen molar-refractivity contribution in [3.63, 3.8) is 0 Å². The van der Waals surface area contributed by atoms with Gasteiger partial charge in [-0.3, -0.25) is 4.79 Å². The zero-order chi connectivity index (χ0) is 22.9. The molecule has 8 nitrogen and oxygen atoms in total. The van der Waals surface area contributed by atoms with Crippen molar-refractivity contribution < 1.29 is 36.7 Å². The average Bonchev–Trinajstić information content (AvgIpc) is 3.23. The Balaban J connectivity index is 0.000000233. The van der Waals surface area contributed by atoms with Gasteiger partial charge in [0.2, 0.25) is 5.82 Å². The summed E-state index contributed by atoms with van der Waals surface area (Å²) in [5, 5.41) is 3.21. The molecular formula is C20H26F3N3O5. The van der Waals surface area contributed by atoms with E-state index in [0.29, 0.717) is 5.56 Å². The minimum absolute atomic E-state index is 0.194. The van der Waals surface area contributed by atoms with Crippen LogP contribution in [0.3, 0.4) is 0 Å². The Bertz CT molecular complexity index is 795. The first kappa shape index (κ1) is 24.8. The predicted octanol–water partition coefficient (Wildman–Crippen LogP) is 3.77. The highest BCUT2D eigenvalue weighted by molar-refractivity contribution is 5.56. The summed E-state index contributed by atoms with van der Waals surface area (Å²) in [6.45, 7) is 7.91. The number of hydrogen-bond donors (Lipinski definition) is 0. The molecule has 0 radical (unpaired) electrons. The first-order valence-corrected chi connectivity index (χ1v) is 9.81. The van der Waals surface area contributed by atoms with Crippen LogP contribution in [-0.4, -0.2) is 60.7 Å². The third kappa shape index (κ3) is 7.30. The summed E-state index contributed by atoms with van der Waals surface area (Å²) in [5.41, 5.74) is 0.312. The van der Waals surface area contributed by atoms with Crippen LogP contribution in [-0.2, 0) is 20.4 Å². The highest BCUT2D eigenvalue weighted by Crippen LogP contribution is 2.30. The quantitative estimate of drug-likeness (QED) is 0.470. The van der Waals surface area contributed by atoms with Crippen molar-refractivity contribution >= 4 is 6.47 Å². The lowest BCUT2D eigenvalue weighted by Crippen LogP contribution is -2.46. The highest BCUT2D eigenvalue weighted by Gasteiger charge is 2.38. The molecule has 0 spiro atoms. The molecule has 31 heavy (non-hydrogen) atoms. The van der Waals surface area contributed by atoms with Crippen LogP contribution >= 0.6 is 0 Å². The van der Waals surface area contributed by atoms with Gasteiger partial charge in [0, 0.05) is 44.7 Å². The molecule has 1 aliphatic heterocycles. The van der Waals surface area contributed by atoms with Gasteiger partial charge in [-0.05, 0) is 45.2 Å². The smallest absolute Gasteiger partial charge is 0.429 e. The second-order valence-electron chi connectivity index (χ2n) is 6.74. The number of carbonyl (C=O) groups is 1. The van der Waals surface area contributed by atoms with Crippen molar-refractivity contribution in [1.29, 1.82) is 0 Å². The van der Waals surface area contributed by atoms with E-state index in [1.54, 1.807) is 0 Å². The van der Waals surface area contributed by atoms with E-state index in [4.69, 9.17) is 9.47 Å². The van der Waals surface area contributed by atoms with E-state index in [1.165, 1.54) is 24.3 Å². The Morgan fingerprint density at radius 3 is 2.16 bits per heavy atom. The predicted molar refractivity (Wildman–Crippen MR) is 104 cm³/mol. The molecule has 172 valence electrons. The van der Waals surface area contributed by atoms with Gasteiger partial charge in [-0.25, -0.2) is 0 Å². The van der Waals surface area contributed by atoms with Crippen LogP contribution in [0.4, 0.5) is 13.2 Å². The molecule has 0 amide bonds. The molecule has 1 saturated heterocycles. The van der Waals surface area contributed by atoms with Gasteiger partial charge in [0.05, 0.1) is 0 Å². The Morgan fingerprint density at radius 2 is 1.71 bits per heavy atom. The molecular weight excluding hydrogens is 419 g/mol. The highest BCUT2D eigenvalue weighted by atomic mass is 19.4. The summed E-state index contributed by atoms with van der Waals surface area (Å²) in [7, 11) is 2.14. The van der Waals surface area contributed by atoms with E-state index < -0.39 is 12.1 Å². The number of nitrogens with zero attached hydrogens (tertiary/aromatic N) is 3. The molecule has 1 aromatic heterocycles. The molecule has 0 bridgehead atoms. The first-order valence-electron chi connectivity index (χ1n) is 9.81. The summed E-state index contributed by atoms with van der Waals surface area (Å²) in [5.74, 6) is -1.63. The van der Waals surface area contributed by atoms with Crippen molar-refractivity contribution in [1.82, 2.24) is 15.0 Å². The van der Waals surface area contributed by atoms with E-state index >= 15 is 0 Å². The fourth-order valence-corrected chi connectivity index (χ4v) is 3.01. The van der Waals surface area contributed by atoms with Gasteiger partial charge < -0.3 is 23.6 Å². The Hall–Kier alpha value is -2.50. The Kier molecular flexibility index (Phi) is 8.96. The molecule has 1 aliphatic rings. The van der Waals surface area contributed by atoms with Crippen molar-refractivity contribution in [2.75, 3.05) is 33.4 Å². The molecule has 1 fully saturated rings. The molecule has 2 heterocycles. The SMILES string of the molecule is CCOC1(OCC)CCN(C)CC1.O=COc1ccc(-c2noc(C(F)(F)F)n2)cc1. The van der Waals surface area contributed by atoms with Gasteiger partial charge in [-0.2, -0.15) is 18.2 Å². The third-order valence-electron chi connectivity index (χ3n) is 4.53. The van der Waals surface area contributed by atoms with Gasteiger partial charge in [-0.15, -0.1) is 0 Å². The number of likely N-dealkylation sites (tertiary alicyclic amines) is 1. The average molecular weight is 445 g/mol. The number of rotatable bonds is 7. The number of alkyl halides is 3. The lowest BCUT2D eigenvalue weighted by atomic mass is 10.0. The topological polar surface area (TPSA) is 86.9 Å². The maximum atomic E-state index is 12.2. The van der Waals surface area contributed by atoms with E-state index in [1.807, 2.05) is 13.8 Å². The maximum absolute atomic E-state index is 12.2. The summed E-state index contributed by atoms with van der Waals surface area (Å²) in [6.07, 6.45) is -2.69. The van der Waals surface area contributed by atoms with Crippen LogP contribution < -0.4 is 4.74 Å². The molecule has 0 unspecified atom stereocenters. The van der Waals surface area contributed by atoms with Crippen LogP contribution in [0.2, 0.25) is 0 Å². The molecule has 0 atom stereocenters. The largest absolute Gasteiger partial charge is 0.471 e. The number of benzene rings is 1. The summed E-state index contributed by atoms with van der Waals surface area (Å²) >= 11 is 0. The number of ether oxygens (including phenoxy) is 3. The van der Waals surface area contributed by atoms with Crippen LogP contribution in [0.1, 0.15) is 32.6 Å². The van der Waals surface area contributed by atoms with E-state index in [0.717, 1.165) is 39.1 Å². The van der Waals surface area contributed by atoms with Crippen LogP contribution in [0, 0.1) is 0 Å². The van der Waals surface area contributed by atoms with Gasteiger partial charge in [0.25, 0.3) is 6.47 Å². The molecule has 0 N–H and O–H groups in total. The molecule has 0 saturated carbocycles. The monoisotopic (exact) mass is 445 g/mol. The number of halogens is 3. The van der Waals surface area contributed by atoms with Crippen molar-refractivity contribution in [3.8, 4) is 17.1 Å². The van der Waals surface area contributed by atoms with E-state index in [9.17, 15) is 18.0 Å². The second kappa shape index (κ2) is 11.2. The minimum Gasteiger partial charge on any atom is -0.429 e. The van der Waals surface area contributed by atoms with Crippen molar-refractivity contribution in [2.24, 2.45) is 0 Å². The lowest BCUT2D eigenvalue weighted by molar-refractivity contribution is -0.252. The number of aromatic nitrogens is 2. The zero-order valence-electron chi connectivity index (χ0n) is 17.6. The van der Waals surface area contributed by atoms with E-state index in [2.05, 4.69) is 31.3 Å². The van der Waals surface area contributed by atoms with Gasteiger partial charge in [0.15, 0.2) is 5.79 Å². The van der Waals surface area contributed by atoms with Crippen LogP contribution in [0.15, 0.2) is 28.8 Å². The number of carbonyl (C=O) groups excluding carboxylic acids is 1. The molecule has 1 aromatic carbocycles. The second-order valence-corrected chi connectivity index (χ2v) is 6.74. The maximum Gasteiger partial charge on any atom is 0.471 e.